The van der Waals surface area contributed by atoms with Crippen molar-refractivity contribution in [3.63, 3.8) is 0 Å². The average Bonchev–Trinajstić information content (AvgIpc) is 2.35. The topological polar surface area (TPSA) is 66.9 Å². The van der Waals surface area contributed by atoms with Crippen LogP contribution in [0.15, 0.2) is 12.3 Å². The fourth-order valence-electron chi connectivity index (χ4n) is 2.54. The van der Waals surface area contributed by atoms with Gasteiger partial charge in [-0.05, 0) is 37.8 Å². The number of hydrogen-bond donors (Lipinski definition) is 2. The van der Waals surface area contributed by atoms with Gasteiger partial charge in [-0.2, -0.15) is 0 Å². The van der Waals surface area contributed by atoms with Crippen LogP contribution in [0.4, 0.5) is 0 Å². The molecule has 1 aliphatic heterocycles. The Morgan fingerprint density at radius 2 is 2.37 bits per heavy atom. The molecule has 0 aromatic carbocycles. The number of carbonyl (C=O) groups is 1. The lowest BCUT2D eigenvalue weighted by molar-refractivity contribution is -0.127. The molecule has 1 aromatic heterocycles. The zero-order valence-corrected chi connectivity index (χ0v) is 11.9. The van der Waals surface area contributed by atoms with Gasteiger partial charge in [-0.3, -0.25) is 4.79 Å². The van der Waals surface area contributed by atoms with Crippen LogP contribution in [-0.4, -0.2) is 28.5 Å². The molecule has 1 unspecified atom stereocenters. The first-order valence-electron chi connectivity index (χ1n) is 6.79. The van der Waals surface area contributed by atoms with Crippen molar-refractivity contribution in [2.24, 2.45) is 5.41 Å². The molecule has 1 aromatic rings. The summed E-state index contributed by atoms with van der Waals surface area (Å²) in [5, 5.41) is 6.27. The number of hydrogen-bond acceptors (Lipinski definition) is 4. The third-order valence-corrected chi connectivity index (χ3v) is 3.67. The molecular formula is C14H22N4O. The van der Waals surface area contributed by atoms with E-state index in [0.717, 1.165) is 30.9 Å². The summed E-state index contributed by atoms with van der Waals surface area (Å²) in [5.74, 6) is 0.781. The van der Waals surface area contributed by atoms with Crippen molar-refractivity contribution in [2.45, 2.75) is 46.2 Å². The maximum absolute atomic E-state index is 12.3. The van der Waals surface area contributed by atoms with Crippen LogP contribution in [-0.2, 0) is 11.3 Å². The highest BCUT2D eigenvalue weighted by Gasteiger charge is 2.36. The molecule has 2 rings (SSSR count). The lowest BCUT2D eigenvalue weighted by Crippen LogP contribution is -2.55. The predicted molar refractivity (Wildman–Crippen MR) is 73.4 cm³/mol. The minimum atomic E-state index is -0.121. The number of nitrogens with one attached hydrogen (secondary N) is 2. The van der Waals surface area contributed by atoms with E-state index in [-0.39, 0.29) is 17.4 Å². The maximum Gasteiger partial charge on any atom is 0.238 e. The molecule has 1 fully saturated rings. The molecule has 1 saturated heterocycles. The Bertz CT molecular complexity index is 459. The minimum absolute atomic E-state index is 0.00389. The fraction of sp³-hybridized carbons (Fsp3) is 0.643. The second kappa shape index (κ2) is 5.65. The Morgan fingerprint density at radius 3 is 3.05 bits per heavy atom. The van der Waals surface area contributed by atoms with E-state index >= 15 is 0 Å². The van der Waals surface area contributed by atoms with Crippen molar-refractivity contribution in [3.8, 4) is 0 Å². The normalized spacial score (nSPS) is 21.9. The zero-order valence-electron chi connectivity index (χ0n) is 11.9. The van der Waals surface area contributed by atoms with Crippen LogP contribution in [0, 0.1) is 12.3 Å². The Balaban J connectivity index is 1.94. The summed E-state index contributed by atoms with van der Waals surface area (Å²) in [5.41, 5.74) is 0.846. The molecule has 0 aliphatic carbocycles. The molecule has 1 amide bonds. The molecule has 5 nitrogen and oxygen atoms in total. The fourth-order valence-corrected chi connectivity index (χ4v) is 2.54. The summed E-state index contributed by atoms with van der Waals surface area (Å²) in [4.78, 5) is 20.6. The SMILES string of the molecule is Cc1nccc(CNC(=O)C2NCCCC2(C)C)n1. The van der Waals surface area contributed by atoms with Gasteiger partial charge in [0.25, 0.3) is 0 Å². The first kappa shape index (κ1) is 13.9. The summed E-state index contributed by atoms with van der Waals surface area (Å²) in [6.07, 6.45) is 3.92. The van der Waals surface area contributed by atoms with Gasteiger partial charge >= 0.3 is 0 Å². The van der Waals surface area contributed by atoms with E-state index in [0.29, 0.717) is 6.54 Å². The van der Waals surface area contributed by atoms with E-state index in [9.17, 15) is 4.79 Å². The number of nitrogens with zero attached hydrogens (tertiary/aromatic N) is 2. The van der Waals surface area contributed by atoms with E-state index in [1.165, 1.54) is 0 Å². The number of aromatic nitrogens is 2. The van der Waals surface area contributed by atoms with Gasteiger partial charge in [-0.1, -0.05) is 13.8 Å². The van der Waals surface area contributed by atoms with Crippen LogP contribution < -0.4 is 10.6 Å². The average molecular weight is 262 g/mol. The first-order valence-corrected chi connectivity index (χ1v) is 6.79. The first-order chi connectivity index (χ1) is 8.99. The van der Waals surface area contributed by atoms with Crippen LogP contribution in [0.25, 0.3) is 0 Å². The van der Waals surface area contributed by atoms with E-state index < -0.39 is 0 Å². The highest BCUT2D eigenvalue weighted by Crippen LogP contribution is 2.30. The van der Waals surface area contributed by atoms with Gasteiger partial charge in [-0.15, -0.1) is 0 Å². The van der Waals surface area contributed by atoms with Gasteiger partial charge in [-0.25, -0.2) is 9.97 Å². The summed E-state index contributed by atoms with van der Waals surface area (Å²) in [6.45, 7) is 7.48. The second-order valence-corrected chi connectivity index (χ2v) is 5.79. The Morgan fingerprint density at radius 1 is 1.58 bits per heavy atom. The zero-order chi connectivity index (χ0) is 13.9. The van der Waals surface area contributed by atoms with Gasteiger partial charge in [0.05, 0.1) is 18.3 Å². The largest absolute Gasteiger partial charge is 0.349 e. The molecule has 0 radical (unpaired) electrons. The molecule has 1 aliphatic rings. The Labute approximate surface area is 114 Å². The van der Waals surface area contributed by atoms with Gasteiger partial charge in [0.2, 0.25) is 5.91 Å². The number of rotatable bonds is 3. The molecule has 0 spiro atoms. The predicted octanol–water partition coefficient (Wildman–Crippen LogP) is 1.18. The van der Waals surface area contributed by atoms with E-state index in [4.69, 9.17) is 0 Å². The quantitative estimate of drug-likeness (QED) is 0.858. The van der Waals surface area contributed by atoms with Crippen LogP contribution in [0.5, 0.6) is 0 Å². The molecule has 0 saturated carbocycles. The summed E-state index contributed by atoms with van der Waals surface area (Å²) >= 11 is 0. The number of carbonyl (C=O) groups excluding carboxylic acids is 1. The van der Waals surface area contributed by atoms with Crippen molar-refractivity contribution in [1.82, 2.24) is 20.6 Å². The summed E-state index contributed by atoms with van der Waals surface area (Å²) in [7, 11) is 0. The van der Waals surface area contributed by atoms with Crippen molar-refractivity contribution in [2.75, 3.05) is 6.54 Å². The van der Waals surface area contributed by atoms with Gasteiger partial charge in [0.1, 0.15) is 5.82 Å². The third-order valence-electron chi connectivity index (χ3n) is 3.67. The standard InChI is InChI=1S/C14H22N4O/c1-10-15-8-5-11(18-10)9-17-13(19)12-14(2,3)6-4-7-16-12/h5,8,12,16H,4,6-7,9H2,1-3H3,(H,17,19). The van der Waals surface area contributed by atoms with Crippen molar-refractivity contribution >= 4 is 5.91 Å². The summed E-state index contributed by atoms with van der Waals surface area (Å²) < 4.78 is 0. The second-order valence-electron chi connectivity index (χ2n) is 5.79. The van der Waals surface area contributed by atoms with Gasteiger partial charge < -0.3 is 10.6 Å². The van der Waals surface area contributed by atoms with Gasteiger partial charge in [0.15, 0.2) is 0 Å². The van der Waals surface area contributed by atoms with Crippen LogP contribution in [0.3, 0.4) is 0 Å². The molecule has 0 bridgehead atoms. The monoisotopic (exact) mass is 262 g/mol. The molecular weight excluding hydrogens is 240 g/mol. The lowest BCUT2D eigenvalue weighted by Gasteiger charge is -2.38. The number of amides is 1. The van der Waals surface area contributed by atoms with Crippen LogP contribution in [0.2, 0.25) is 0 Å². The minimum Gasteiger partial charge on any atom is -0.349 e. The lowest BCUT2D eigenvalue weighted by atomic mass is 9.77. The van der Waals surface area contributed by atoms with Crippen molar-refractivity contribution in [3.05, 3.63) is 23.8 Å². The number of aryl methyl sites for hydroxylation is 1. The highest BCUT2D eigenvalue weighted by molar-refractivity contribution is 5.82. The molecule has 104 valence electrons. The van der Waals surface area contributed by atoms with E-state index in [1.54, 1.807) is 6.20 Å². The number of piperidine rings is 1. The molecule has 2 heterocycles. The molecule has 19 heavy (non-hydrogen) atoms. The Kier molecular flexibility index (Phi) is 4.14. The van der Waals surface area contributed by atoms with Crippen molar-refractivity contribution in [1.29, 1.82) is 0 Å². The highest BCUT2D eigenvalue weighted by atomic mass is 16.2. The van der Waals surface area contributed by atoms with E-state index in [2.05, 4.69) is 34.4 Å². The smallest absolute Gasteiger partial charge is 0.238 e. The van der Waals surface area contributed by atoms with Crippen LogP contribution >= 0.6 is 0 Å². The molecule has 2 N–H and O–H groups in total. The Hall–Kier alpha value is -1.49. The molecule has 5 heteroatoms. The summed E-state index contributed by atoms with van der Waals surface area (Å²) in [6, 6.07) is 1.70. The third kappa shape index (κ3) is 3.50. The maximum atomic E-state index is 12.3. The van der Waals surface area contributed by atoms with Crippen LogP contribution in [0.1, 0.15) is 38.2 Å². The van der Waals surface area contributed by atoms with Crippen molar-refractivity contribution < 1.29 is 4.79 Å². The molecule has 1 atom stereocenters. The van der Waals surface area contributed by atoms with E-state index in [1.807, 2.05) is 13.0 Å². The van der Waals surface area contributed by atoms with Gasteiger partial charge in [0, 0.05) is 6.20 Å².